The lowest BCUT2D eigenvalue weighted by Crippen LogP contribution is -2.38. The average molecular weight is 431 g/mol. The highest BCUT2D eigenvalue weighted by atomic mass is 15.2. The van der Waals surface area contributed by atoms with Gasteiger partial charge in [0.05, 0.1) is 11.0 Å². The molecule has 0 spiro atoms. The molecule has 1 aliphatic carbocycles. The lowest BCUT2D eigenvalue weighted by Gasteiger charge is -2.36. The van der Waals surface area contributed by atoms with Crippen molar-refractivity contribution < 1.29 is 0 Å². The number of benzene rings is 2. The summed E-state index contributed by atoms with van der Waals surface area (Å²) < 4.78 is 2.58. The molecular formula is C28H38N4. The first-order valence-electron chi connectivity index (χ1n) is 12.3. The highest BCUT2D eigenvalue weighted by molar-refractivity contribution is 5.77. The van der Waals surface area contributed by atoms with Gasteiger partial charge in [0.2, 0.25) is 0 Å². The van der Waals surface area contributed by atoms with Gasteiger partial charge in [-0.2, -0.15) is 0 Å². The van der Waals surface area contributed by atoms with E-state index < -0.39 is 0 Å². The number of piperidine rings is 1. The first kappa shape index (κ1) is 21.5. The number of aromatic nitrogens is 2. The van der Waals surface area contributed by atoms with Crippen LogP contribution >= 0.6 is 0 Å². The highest BCUT2D eigenvalue weighted by Crippen LogP contribution is 2.35. The van der Waals surface area contributed by atoms with Gasteiger partial charge in [0.1, 0.15) is 5.82 Å². The van der Waals surface area contributed by atoms with Crippen LogP contribution in [0.25, 0.3) is 11.0 Å². The van der Waals surface area contributed by atoms with Crippen LogP contribution in [0.5, 0.6) is 0 Å². The number of likely N-dealkylation sites (tertiary alicyclic amines) is 1. The Labute approximate surface area is 193 Å². The summed E-state index contributed by atoms with van der Waals surface area (Å²) in [6.07, 6.45) is 4.89. The fraction of sp³-hybridized carbons (Fsp3) is 0.536. The van der Waals surface area contributed by atoms with Crippen LogP contribution in [-0.2, 0) is 18.3 Å². The second-order valence-electron chi connectivity index (χ2n) is 11.1. The molecule has 1 fully saturated rings. The Bertz CT molecular complexity index is 1110. The van der Waals surface area contributed by atoms with E-state index in [1.807, 2.05) is 7.05 Å². The van der Waals surface area contributed by atoms with Crippen molar-refractivity contribution in [2.24, 2.45) is 5.92 Å². The average Bonchev–Trinajstić information content (AvgIpc) is 3.34. The van der Waals surface area contributed by atoms with E-state index >= 15 is 0 Å². The van der Waals surface area contributed by atoms with Crippen molar-refractivity contribution in [1.82, 2.24) is 14.5 Å². The minimum Gasteiger partial charge on any atom is -0.388 e. The maximum Gasteiger partial charge on any atom is 0.115 e. The van der Waals surface area contributed by atoms with Crippen LogP contribution in [-0.4, -0.2) is 41.1 Å². The predicted octanol–water partition coefficient (Wildman–Crippen LogP) is 5.74. The molecule has 0 amide bonds. The normalized spacial score (nSPS) is 20.1. The predicted molar refractivity (Wildman–Crippen MR) is 135 cm³/mol. The monoisotopic (exact) mass is 430 g/mol. The Kier molecular flexibility index (Phi) is 5.53. The molecule has 2 heterocycles. The summed E-state index contributed by atoms with van der Waals surface area (Å²) in [5.41, 5.74) is 8.14. The number of anilines is 1. The van der Waals surface area contributed by atoms with Crippen molar-refractivity contribution in [2.45, 2.75) is 64.8 Å². The molecule has 0 bridgehead atoms. The van der Waals surface area contributed by atoms with Crippen molar-refractivity contribution in [3.05, 3.63) is 58.9 Å². The fourth-order valence-corrected chi connectivity index (χ4v) is 5.83. The molecule has 1 N–H and O–H groups in total. The maximum atomic E-state index is 5.10. The van der Waals surface area contributed by atoms with Crippen molar-refractivity contribution in [1.29, 1.82) is 0 Å². The van der Waals surface area contributed by atoms with Gasteiger partial charge in [-0.25, -0.2) is 4.98 Å². The van der Waals surface area contributed by atoms with E-state index in [1.165, 1.54) is 67.9 Å². The molecule has 2 aliphatic rings. The lowest BCUT2D eigenvalue weighted by atomic mass is 9.94. The standard InChI is InChI=1S/C28H38N4/c1-19-6-9-26-25(14-19)30-27(28(2,3)4)32(26)24-10-12-31(13-11-24)18-20-15-21-7-8-23(29-5)17-22(21)16-20/h6-9,14,17,20,24,29H,10-13,15-16,18H2,1-5H3/t20-/m1/s1. The molecule has 1 aliphatic heterocycles. The van der Waals surface area contributed by atoms with Gasteiger partial charge in [-0.05, 0) is 79.5 Å². The Morgan fingerprint density at radius 1 is 1.00 bits per heavy atom. The van der Waals surface area contributed by atoms with Gasteiger partial charge in [0.25, 0.3) is 0 Å². The molecule has 4 nitrogen and oxygen atoms in total. The van der Waals surface area contributed by atoms with E-state index in [4.69, 9.17) is 4.98 Å². The number of nitrogens with zero attached hydrogens (tertiary/aromatic N) is 3. The summed E-state index contributed by atoms with van der Waals surface area (Å²) in [6.45, 7) is 12.7. The van der Waals surface area contributed by atoms with Crippen LogP contribution < -0.4 is 5.32 Å². The summed E-state index contributed by atoms with van der Waals surface area (Å²) in [5, 5.41) is 3.28. The molecule has 0 saturated carbocycles. The van der Waals surface area contributed by atoms with Crippen molar-refractivity contribution in [3.63, 3.8) is 0 Å². The second-order valence-corrected chi connectivity index (χ2v) is 11.1. The quantitative estimate of drug-likeness (QED) is 0.573. The molecule has 1 atom stereocenters. The first-order valence-corrected chi connectivity index (χ1v) is 12.3. The Balaban J connectivity index is 1.28. The van der Waals surface area contributed by atoms with E-state index in [2.05, 4.69) is 78.9 Å². The molecule has 3 aromatic rings. The molecular weight excluding hydrogens is 392 g/mol. The summed E-state index contributed by atoms with van der Waals surface area (Å²) in [4.78, 5) is 7.82. The van der Waals surface area contributed by atoms with Gasteiger partial charge < -0.3 is 14.8 Å². The van der Waals surface area contributed by atoms with Gasteiger partial charge in [-0.15, -0.1) is 0 Å². The molecule has 5 rings (SSSR count). The molecule has 1 saturated heterocycles. The zero-order valence-electron chi connectivity index (χ0n) is 20.4. The topological polar surface area (TPSA) is 33.1 Å². The number of hydrogen-bond donors (Lipinski definition) is 1. The van der Waals surface area contributed by atoms with E-state index in [9.17, 15) is 0 Å². The van der Waals surface area contributed by atoms with E-state index in [1.54, 1.807) is 11.1 Å². The van der Waals surface area contributed by atoms with Crippen LogP contribution in [0.3, 0.4) is 0 Å². The maximum absolute atomic E-state index is 5.10. The first-order chi connectivity index (χ1) is 15.3. The molecule has 0 radical (unpaired) electrons. The number of fused-ring (bicyclic) bond motifs is 2. The fourth-order valence-electron chi connectivity index (χ4n) is 5.83. The van der Waals surface area contributed by atoms with Gasteiger partial charge in [0.15, 0.2) is 0 Å². The molecule has 0 unspecified atom stereocenters. The number of hydrogen-bond acceptors (Lipinski definition) is 3. The van der Waals surface area contributed by atoms with E-state index in [0.717, 1.165) is 11.4 Å². The SMILES string of the molecule is CNc1ccc2c(c1)C[C@H](CN1CCC(n3c(C(C)(C)C)nc4cc(C)ccc43)CC1)C2. The zero-order chi connectivity index (χ0) is 22.5. The minimum atomic E-state index is 0.0475. The van der Waals surface area contributed by atoms with Gasteiger partial charge in [-0.3, -0.25) is 0 Å². The largest absolute Gasteiger partial charge is 0.388 e. The number of nitrogens with one attached hydrogen (secondary N) is 1. The third-order valence-electron chi connectivity index (χ3n) is 7.47. The number of aryl methyl sites for hydroxylation is 1. The minimum absolute atomic E-state index is 0.0475. The molecule has 32 heavy (non-hydrogen) atoms. The second kappa shape index (κ2) is 8.22. The number of imidazole rings is 1. The molecule has 170 valence electrons. The van der Waals surface area contributed by atoms with Crippen LogP contribution in [0.15, 0.2) is 36.4 Å². The molecule has 1 aromatic heterocycles. The van der Waals surface area contributed by atoms with Crippen molar-refractivity contribution >= 4 is 16.7 Å². The van der Waals surface area contributed by atoms with Gasteiger partial charge in [-0.1, -0.05) is 32.9 Å². The van der Waals surface area contributed by atoms with Crippen molar-refractivity contribution in [3.8, 4) is 0 Å². The Morgan fingerprint density at radius 2 is 1.75 bits per heavy atom. The highest BCUT2D eigenvalue weighted by Gasteiger charge is 2.31. The number of rotatable bonds is 4. The summed E-state index contributed by atoms with van der Waals surface area (Å²) in [6, 6.07) is 14.2. The van der Waals surface area contributed by atoms with Gasteiger partial charge >= 0.3 is 0 Å². The lowest BCUT2D eigenvalue weighted by molar-refractivity contribution is 0.163. The van der Waals surface area contributed by atoms with Crippen LogP contribution in [0.1, 0.15) is 62.2 Å². The summed E-state index contributed by atoms with van der Waals surface area (Å²) in [5.74, 6) is 2.00. The summed E-state index contributed by atoms with van der Waals surface area (Å²) in [7, 11) is 2.01. The van der Waals surface area contributed by atoms with E-state index in [0.29, 0.717) is 6.04 Å². The third-order valence-corrected chi connectivity index (χ3v) is 7.47. The smallest absolute Gasteiger partial charge is 0.115 e. The zero-order valence-corrected chi connectivity index (χ0v) is 20.4. The molecule has 2 aromatic carbocycles. The summed E-state index contributed by atoms with van der Waals surface area (Å²) >= 11 is 0. The molecule has 4 heteroatoms. The van der Waals surface area contributed by atoms with Crippen LogP contribution in [0, 0.1) is 12.8 Å². The van der Waals surface area contributed by atoms with E-state index in [-0.39, 0.29) is 5.41 Å². The third kappa shape index (κ3) is 4.05. The Hall–Kier alpha value is -2.33. The van der Waals surface area contributed by atoms with Crippen LogP contribution in [0.2, 0.25) is 0 Å². The Morgan fingerprint density at radius 3 is 2.47 bits per heavy atom. The van der Waals surface area contributed by atoms with Crippen molar-refractivity contribution in [2.75, 3.05) is 32.0 Å². The van der Waals surface area contributed by atoms with Gasteiger partial charge in [0, 0.05) is 43.8 Å². The van der Waals surface area contributed by atoms with Crippen LogP contribution in [0.4, 0.5) is 5.69 Å².